The van der Waals surface area contributed by atoms with Gasteiger partial charge in [-0.1, -0.05) is 52.0 Å². The largest absolute Gasteiger partial charge is 0.371 e. The smallest absolute Gasteiger partial charge is 0.251 e. The van der Waals surface area contributed by atoms with Gasteiger partial charge in [0.2, 0.25) is 0 Å². The fourth-order valence-corrected chi connectivity index (χ4v) is 3.50. The van der Waals surface area contributed by atoms with Crippen LogP contribution in [0.15, 0.2) is 53.6 Å². The van der Waals surface area contributed by atoms with E-state index in [1.165, 1.54) is 6.42 Å². The minimum atomic E-state index is -0.0296. The summed E-state index contributed by atoms with van der Waals surface area (Å²) in [7, 11) is 2.02. The van der Waals surface area contributed by atoms with E-state index in [1.807, 2.05) is 52.1 Å². The number of nitrogens with one attached hydrogen (secondary N) is 2. The lowest BCUT2D eigenvalue weighted by atomic mass is 9.98. The number of hydrogen-bond acceptors (Lipinski definition) is 4. The molecular formula is C26H38N4O. The molecule has 1 aliphatic rings. The number of aryl methyl sites for hydroxylation is 1. The van der Waals surface area contributed by atoms with Gasteiger partial charge in [0.25, 0.3) is 5.91 Å². The van der Waals surface area contributed by atoms with Gasteiger partial charge in [-0.05, 0) is 55.9 Å². The summed E-state index contributed by atoms with van der Waals surface area (Å²) >= 11 is 0. The highest BCUT2D eigenvalue weighted by Crippen LogP contribution is 2.28. The van der Waals surface area contributed by atoms with Crippen LogP contribution in [-0.4, -0.2) is 36.7 Å². The van der Waals surface area contributed by atoms with Gasteiger partial charge in [-0.3, -0.25) is 4.79 Å². The first-order valence-corrected chi connectivity index (χ1v) is 11.3. The Labute approximate surface area is 188 Å². The van der Waals surface area contributed by atoms with E-state index < -0.39 is 0 Å². The highest BCUT2D eigenvalue weighted by atomic mass is 16.1. The van der Waals surface area contributed by atoms with E-state index in [4.69, 9.17) is 4.99 Å². The lowest BCUT2D eigenvalue weighted by Crippen LogP contribution is -2.32. The third-order valence-electron chi connectivity index (χ3n) is 5.71. The predicted octanol–water partition coefficient (Wildman–Crippen LogP) is 5.26. The Bertz CT molecular complexity index is 895. The van der Waals surface area contributed by atoms with Gasteiger partial charge in [0.05, 0.1) is 0 Å². The molecule has 0 saturated carbocycles. The molecule has 1 aromatic rings. The van der Waals surface area contributed by atoms with Crippen molar-refractivity contribution in [1.29, 1.82) is 0 Å². The van der Waals surface area contributed by atoms with Crippen LogP contribution in [0, 0.1) is 12.8 Å². The fraction of sp³-hybridized carbons (Fsp3) is 0.462. The minimum absolute atomic E-state index is 0.0296. The van der Waals surface area contributed by atoms with E-state index >= 15 is 0 Å². The molecule has 2 N–H and O–H groups in total. The molecule has 0 spiro atoms. The van der Waals surface area contributed by atoms with Crippen LogP contribution in [0.4, 0.5) is 0 Å². The summed E-state index contributed by atoms with van der Waals surface area (Å²) < 4.78 is 0. The molecule has 1 aliphatic heterocycles. The zero-order valence-electron chi connectivity index (χ0n) is 20.0. The molecule has 0 fully saturated rings. The van der Waals surface area contributed by atoms with Crippen molar-refractivity contribution in [3.8, 4) is 0 Å². The number of hydrogen-bond donors (Lipinski definition) is 2. The molecule has 1 aromatic carbocycles. The lowest BCUT2D eigenvalue weighted by Gasteiger charge is -2.29. The molecule has 0 bridgehead atoms. The van der Waals surface area contributed by atoms with Crippen molar-refractivity contribution in [2.45, 2.75) is 53.9 Å². The molecule has 168 valence electrons. The molecule has 0 radical (unpaired) electrons. The van der Waals surface area contributed by atoms with Gasteiger partial charge in [0.1, 0.15) is 11.6 Å². The fourth-order valence-electron chi connectivity index (χ4n) is 3.50. The van der Waals surface area contributed by atoms with E-state index in [-0.39, 0.29) is 5.91 Å². The van der Waals surface area contributed by atoms with Crippen molar-refractivity contribution >= 4 is 17.2 Å². The van der Waals surface area contributed by atoms with Gasteiger partial charge in [-0.25, -0.2) is 4.99 Å². The average molecular weight is 423 g/mol. The summed E-state index contributed by atoms with van der Waals surface area (Å²) in [4.78, 5) is 19.3. The summed E-state index contributed by atoms with van der Waals surface area (Å²) in [6.45, 7) is 16.2. The van der Waals surface area contributed by atoms with Crippen molar-refractivity contribution in [2.24, 2.45) is 10.9 Å². The third kappa shape index (κ3) is 6.33. The maximum atomic E-state index is 12.4. The molecule has 5 nitrogen and oxygen atoms in total. The standard InChI is InChI=1S/C26H38N4O/c1-8-14-28-26(31)23-12-11-21(16-19(23)5)22(10-3)25-29-20(6)17-24(30(25)7)27-15-13-18(4)9-2/h10-12,16-18,27H,3,8-9,13-15H2,1-2,4-7H3,(H,28,31)/b25-22+. The van der Waals surface area contributed by atoms with E-state index in [9.17, 15) is 4.79 Å². The van der Waals surface area contributed by atoms with E-state index in [0.717, 1.165) is 53.4 Å². The summed E-state index contributed by atoms with van der Waals surface area (Å²) in [6, 6.07) is 5.91. The van der Waals surface area contributed by atoms with Crippen molar-refractivity contribution in [1.82, 2.24) is 15.5 Å². The number of amides is 1. The van der Waals surface area contributed by atoms with E-state index in [1.54, 1.807) is 0 Å². The van der Waals surface area contributed by atoms with Gasteiger partial charge in [0, 0.05) is 37.0 Å². The Morgan fingerprint density at radius 1 is 1.26 bits per heavy atom. The maximum Gasteiger partial charge on any atom is 0.251 e. The van der Waals surface area contributed by atoms with E-state index in [0.29, 0.717) is 18.0 Å². The van der Waals surface area contributed by atoms with E-state index in [2.05, 4.69) is 42.0 Å². The number of aliphatic imine (C=N–C) groups is 1. The second-order valence-electron chi connectivity index (χ2n) is 8.30. The van der Waals surface area contributed by atoms with Crippen LogP contribution in [0.2, 0.25) is 0 Å². The van der Waals surface area contributed by atoms with Gasteiger partial charge in [-0.2, -0.15) is 0 Å². The van der Waals surface area contributed by atoms with Gasteiger partial charge < -0.3 is 15.5 Å². The first-order valence-electron chi connectivity index (χ1n) is 11.3. The Morgan fingerprint density at radius 2 is 2.00 bits per heavy atom. The number of carbonyl (C=O) groups is 1. The number of allylic oxidation sites excluding steroid dienone is 3. The van der Waals surface area contributed by atoms with Gasteiger partial charge >= 0.3 is 0 Å². The lowest BCUT2D eigenvalue weighted by molar-refractivity contribution is 0.0953. The first-order chi connectivity index (χ1) is 14.8. The van der Waals surface area contributed by atoms with Crippen LogP contribution in [-0.2, 0) is 0 Å². The maximum absolute atomic E-state index is 12.4. The molecule has 1 atom stereocenters. The average Bonchev–Trinajstić information content (AvgIpc) is 2.75. The minimum Gasteiger partial charge on any atom is -0.371 e. The summed E-state index contributed by atoms with van der Waals surface area (Å²) in [5.41, 5.74) is 4.53. The SMILES string of the molecule is C=C/C(=C1/N=C(C)C=C(NCCC(C)CC)N1C)c1ccc(C(=O)NCCC)c(C)c1. The Balaban J connectivity index is 2.31. The molecule has 1 amide bonds. The summed E-state index contributed by atoms with van der Waals surface area (Å²) in [6.07, 6.45) is 7.16. The Morgan fingerprint density at radius 3 is 2.61 bits per heavy atom. The normalized spacial score (nSPS) is 16.3. The molecular weight excluding hydrogens is 384 g/mol. The highest BCUT2D eigenvalue weighted by Gasteiger charge is 2.19. The number of nitrogens with zero attached hydrogens (tertiary/aromatic N) is 2. The summed E-state index contributed by atoms with van der Waals surface area (Å²) in [5.74, 6) is 2.56. The van der Waals surface area contributed by atoms with Crippen LogP contribution < -0.4 is 10.6 Å². The summed E-state index contributed by atoms with van der Waals surface area (Å²) in [5, 5.41) is 6.52. The molecule has 2 rings (SSSR count). The first kappa shape index (κ1) is 24.4. The molecule has 0 aromatic heterocycles. The number of rotatable bonds is 10. The molecule has 1 heterocycles. The van der Waals surface area contributed by atoms with Crippen LogP contribution >= 0.6 is 0 Å². The Kier molecular flexibility index (Phi) is 9.10. The Hall–Kier alpha value is -2.82. The zero-order chi connectivity index (χ0) is 23.0. The quantitative estimate of drug-likeness (QED) is 0.540. The van der Waals surface area contributed by atoms with Crippen molar-refractivity contribution < 1.29 is 4.79 Å². The highest BCUT2D eigenvalue weighted by molar-refractivity contribution is 5.97. The van der Waals surface area contributed by atoms with Crippen LogP contribution in [0.1, 0.15) is 68.4 Å². The second kappa shape index (κ2) is 11.5. The zero-order valence-corrected chi connectivity index (χ0v) is 20.0. The molecule has 1 unspecified atom stereocenters. The topological polar surface area (TPSA) is 56.7 Å². The van der Waals surface area contributed by atoms with Crippen LogP contribution in [0.5, 0.6) is 0 Å². The number of benzene rings is 1. The molecule has 0 saturated heterocycles. The van der Waals surface area contributed by atoms with Crippen LogP contribution in [0.3, 0.4) is 0 Å². The van der Waals surface area contributed by atoms with Crippen molar-refractivity contribution in [3.05, 3.63) is 65.3 Å². The van der Waals surface area contributed by atoms with Crippen molar-refractivity contribution in [2.75, 3.05) is 20.1 Å². The van der Waals surface area contributed by atoms with Gasteiger partial charge in [-0.15, -0.1) is 0 Å². The monoisotopic (exact) mass is 422 g/mol. The number of carbonyl (C=O) groups excluding carboxylic acids is 1. The van der Waals surface area contributed by atoms with Gasteiger partial charge in [0.15, 0.2) is 0 Å². The van der Waals surface area contributed by atoms with Crippen LogP contribution in [0.25, 0.3) is 5.57 Å². The molecule has 5 heteroatoms. The second-order valence-corrected chi connectivity index (χ2v) is 8.30. The molecule has 0 aliphatic carbocycles. The van der Waals surface area contributed by atoms with Crippen molar-refractivity contribution in [3.63, 3.8) is 0 Å². The molecule has 31 heavy (non-hydrogen) atoms. The third-order valence-corrected chi connectivity index (χ3v) is 5.71. The predicted molar refractivity (Wildman–Crippen MR) is 132 cm³/mol.